The number of Topliss-reactive ketones (excluding diaryl/α,β-unsaturated/α-hetero) is 1. The molecule has 0 bridgehead atoms. The van der Waals surface area contributed by atoms with Gasteiger partial charge >= 0.3 is 12.1 Å². The molecule has 17 heteroatoms. The van der Waals surface area contributed by atoms with E-state index in [0.29, 0.717) is 67.6 Å². The zero-order valence-electron chi connectivity index (χ0n) is 35.4. The minimum Gasteiger partial charge on any atom is -0.494 e. The minimum absolute atomic E-state index is 0.0177. The summed E-state index contributed by atoms with van der Waals surface area (Å²) in [6.07, 6.45) is 0.174. The second-order valence-electron chi connectivity index (χ2n) is 18.0. The minimum atomic E-state index is -4.87. The zero-order chi connectivity index (χ0) is 44.0. The molecule has 0 unspecified atom stereocenters. The molecule has 2 aliphatic carbocycles. The fourth-order valence-electron chi connectivity index (χ4n) is 8.54. The van der Waals surface area contributed by atoms with Gasteiger partial charge in [0.1, 0.15) is 17.5 Å². The smallest absolute Gasteiger partial charge is 0.427 e. The number of hydrogen-bond acceptors (Lipinski definition) is 11. The van der Waals surface area contributed by atoms with Gasteiger partial charge in [-0.1, -0.05) is 32.4 Å². The molecule has 0 spiro atoms. The van der Waals surface area contributed by atoms with Gasteiger partial charge in [-0.15, -0.1) is 0 Å². The molecular weight excluding hydrogens is 806 g/mol. The zero-order valence-corrected chi connectivity index (χ0v) is 36.2. The molecule has 1 aromatic carbocycles. The van der Waals surface area contributed by atoms with Gasteiger partial charge in [0.25, 0.3) is 0 Å². The average molecular weight is 863 g/mol. The molecule has 2 amide bonds. The lowest BCUT2D eigenvalue weighted by Gasteiger charge is -2.34. The van der Waals surface area contributed by atoms with Gasteiger partial charge in [-0.2, -0.15) is 13.2 Å². The van der Waals surface area contributed by atoms with Crippen LogP contribution in [0.4, 0.5) is 13.2 Å². The molecule has 330 valence electrons. The summed E-state index contributed by atoms with van der Waals surface area (Å²) >= 11 is 0. The number of alkyl halides is 3. The number of ketones is 1. The summed E-state index contributed by atoms with van der Waals surface area (Å²) in [6, 6.07) is 4.07. The fraction of sp³-hybridized carbons (Fsp3) is 0.674. The van der Waals surface area contributed by atoms with Crippen LogP contribution >= 0.6 is 0 Å². The fourth-order valence-corrected chi connectivity index (χ4v) is 9.87. The molecule has 7 atom stereocenters. The Morgan fingerprint density at radius 3 is 2.43 bits per heavy atom. The van der Waals surface area contributed by atoms with Gasteiger partial charge in [0, 0.05) is 18.9 Å². The number of ether oxygens (including phenoxy) is 3. The normalized spacial score (nSPS) is 29.1. The number of aromatic nitrogens is 2. The lowest BCUT2D eigenvalue weighted by Crippen LogP contribution is -2.49. The van der Waals surface area contributed by atoms with Crippen LogP contribution in [0.5, 0.6) is 11.6 Å². The van der Waals surface area contributed by atoms with E-state index in [1.807, 2.05) is 32.9 Å². The van der Waals surface area contributed by atoms with Crippen LogP contribution in [-0.4, -0.2) is 88.7 Å². The Hall–Kier alpha value is -4.28. The molecule has 60 heavy (non-hydrogen) atoms. The summed E-state index contributed by atoms with van der Waals surface area (Å²) in [5, 5.41) is 0. The van der Waals surface area contributed by atoms with E-state index in [2.05, 4.69) is 14.7 Å². The van der Waals surface area contributed by atoms with E-state index in [9.17, 15) is 36.0 Å². The van der Waals surface area contributed by atoms with E-state index >= 15 is 4.79 Å². The number of rotatable bonds is 11. The highest BCUT2D eigenvalue weighted by molar-refractivity contribution is 7.91. The molecule has 2 saturated carbocycles. The second kappa shape index (κ2) is 16.9. The highest BCUT2D eigenvalue weighted by Crippen LogP contribution is 2.58. The third-order valence-corrected chi connectivity index (χ3v) is 15.1. The number of carbonyl (C=O) groups is 4. The van der Waals surface area contributed by atoms with Crippen molar-refractivity contribution in [1.29, 1.82) is 0 Å². The van der Waals surface area contributed by atoms with Gasteiger partial charge in [-0.05, 0) is 103 Å². The number of benzene rings is 1. The van der Waals surface area contributed by atoms with Crippen LogP contribution in [0, 0.1) is 36.0 Å². The number of esters is 1. The van der Waals surface area contributed by atoms with Crippen molar-refractivity contribution in [1.82, 2.24) is 19.6 Å². The molecule has 4 aliphatic rings. The number of allylic oxidation sites excluding steroid dienone is 2. The Balaban J connectivity index is 1.37. The number of aryl methyl sites for hydroxylation is 1. The highest BCUT2D eigenvalue weighted by atomic mass is 32.2. The van der Waals surface area contributed by atoms with Crippen LogP contribution in [0.1, 0.15) is 111 Å². The number of amides is 2. The standard InChI is InChI=1S/C43H57F3N4O9S/c1-8-27-18-25(3)12-10-11-13-28-22-42(28,39(54)49-60(55,56)41(7)16-17-41)23-35(51)34-20-30(58-37-26(4)47-32-15-14-29(57-9-2)19-33(32)48-37)24-50(34)38(53)31(27)21-36(52)59-40(5,6)43(44,45)46/h11,13-15,19,25,27-28,30-31,34H,8-10,12,16-18,20-24H2,1-7H3,(H,49,54)/b13-11-/t25-,27-,28-,30-,31+,34+,42-/m1/s1. The van der Waals surface area contributed by atoms with E-state index in [4.69, 9.17) is 14.2 Å². The van der Waals surface area contributed by atoms with E-state index in [0.717, 1.165) is 13.8 Å². The van der Waals surface area contributed by atoms with Crippen LogP contribution in [-0.2, 0) is 33.9 Å². The molecule has 1 saturated heterocycles. The molecule has 13 nitrogen and oxygen atoms in total. The van der Waals surface area contributed by atoms with Gasteiger partial charge in [0.05, 0.1) is 52.7 Å². The molecule has 2 aliphatic heterocycles. The predicted molar refractivity (Wildman–Crippen MR) is 215 cm³/mol. The largest absolute Gasteiger partial charge is 0.494 e. The maximum absolute atomic E-state index is 15.0. The summed E-state index contributed by atoms with van der Waals surface area (Å²) in [6.45, 7) is 10.7. The highest BCUT2D eigenvalue weighted by Gasteiger charge is 2.63. The molecule has 0 radical (unpaired) electrons. The van der Waals surface area contributed by atoms with E-state index in [-0.39, 0.29) is 37.6 Å². The van der Waals surface area contributed by atoms with Gasteiger partial charge in [-0.25, -0.2) is 18.4 Å². The van der Waals surface area contributed by atoms with Crippen LogP contribution in [0.2, 0.25) is 0 Å². The summed E-state index contributed by atoms with van der Waals surface area (Å²) in [5.74, 6) is -4.40. The Morgan fingerprint density at radius 1 is 1.07 bits per heavy atom. The summed E-state index contributed by atoms with van der Waals surface area (Å²) < 4.78 is 86.3. The molecule has 3 fully saturated rings. The molecule has 2 aromatic rings. The maximum Gasteiger partial charge on any atom is 0.427 e. The van der Waals surface area contributed by atoms with Crippen molar-refractivity contribution in [3.63, 3.8) is 0 Å². The molecule has 6 rings (SSSR count). The van der Waals surface area contributed by atoms with Crippen LogP contribution in [0.25, 0.3) is 11.0 Å². The third kappa shape index (κ3) is 9.45. The van der Waals surface area contributed by atoms with Crippen molar-refractivity contribution >= 4 is 44.6 Å². The average Bonchev–Trinajstić information content (AvgIpc) is 4.04. The van der Waals surface area contributed by atoms with Crippen molar-refractivity contribution < 1.29 is 55.0 Å². The number of carbonyl (C=O) groups excluding carboxylic acids is 4. The Bertz CT molecular complexity index is 2140. The lowest BCUT2D eigenvalue weighted by atomic mass is 9.79. The van der Waals surface area contributed by atoms with Crippen molar-refractivity contribution in [2.24, 2.45) is 29.1 Å². The van der Waals surface area contributed by atoms with Gasteiger partial charge in [0.15, 0.2) is 5.78 Å². The van der Waals surface area contributed by atoms with Crippen LogP contribution < -0.4 is 14.2 Å². The van der Waals surface area contributed by atoms with E-state index in [1.165, 1.54) is 4.90 Å². The summed E-state index contributed by atoms with van der Waals surface area (Å²) in [5.41, 5.74) is -2.69. The summed E-state index contributed by atoms with van der Waals surface area (Å²) in [4.78, 5) is 67.8. The van der Waals surface area contributed by atoms with E-state index in [1.54, 1.807) is 32.0 Å². The Kier molecular flexibility index (Phi) is 12.7. The number of sulfonamides is 1. The molecule has 1 N–H and O–H groups in total. The predicted octanol–water partition coefficient (Wildman–Crippen LogP) is 6.94. The first kappa shape index (κ1) is 45.3. The summed E-state index contributed by atoms with van der Waals surface area (Å²) in [7, 11) is -4.04. The Labute approximate surface area is 349 Å². The monoisotopic (exact) mass is 862 g/mol. The second-order valence-corrected chi connectivity index (χ2v) is 20.2. The topological polar surface area (TPSA) is 171 Å². The first-order valence-corrected chi connectivity index (χ1v) is 22.4. The number of halogens is 3. The molecule has 1 aromatic heterocycles. The third-order valence-electron chi connectivity index (χ3n) is 12.9. The number of nitrogens with one attached hydrogen (secondary N) is 1. The SMILES string of the molecule is CCOc1ccc2nc(C)c(O[C@@H]3C[C@H]4C(=O)C[C@]5(C(=O)NS(=O)(=O)C6(C)CC6)C[C@H]5/C=C\CC[C@@H](C)C[C@@H](CC)[C@H](CC(=O)OC(C)(C)C(F)(F)F)C(=O)N4C3)nc2c1. The van der Waals surface area contributed by atoms with Crippen molar-refractivity contribution in [2.75, 3.05) is 13.2 Å². The van der Waals surface area contributed by atoms with Crippen molar-refractivity contribution in [3.05, 3.63) is 36.0 Å². The van der Waals surface area contributed by atoms with Crippen LogP contribution in [0.3, 0.4) is 0 Å². The van der Waals surface area contributed by atoms with Crippen LogP contribution in [0.15, 0.2) is 30.4 Å². The van der Waals surface area contributed by atoms with Gasteiger partial charge in [0.2, 0.25) is 33.3 Å². The van der Waals surface area contributed by atoms with E-state index < -0.39 is 91.8 Å². The van der Waals surface area contributed by atoms with Gasteiger partial charge in [-0.3, -0.25) is 23.9 Å². The molecule has 3 heterocycles. The first-order chi connectivity index (χ1) is 28.0. The number of nitrogens with zero attached hydrogens (tertiary/aromatic N) is 3. The van der Waals surface area contributed by atoms with Gasteiger partial charge < -0.3 is 19.1 Å². The lowest BCUT2D eigenvalue weighted by molar-refractivity contribution is -0.257. The first-order valence-electron chi connectivity index (χ1n) is 21.0. The number of hydrogen-bond donors (Lipinski definition) is 1. The molecular formula is C43H57F3N4O9S. The quantitative estimate of drug-likeness (QED) is 0.183. The number of fused-ring (bicyclic) bond motifs is 3. The Morgan fingerprint density at radius 2 is 1.78 bits per heavy atom. The maximum atomic E-state index is 15.0. The van der Waals surface area contributed by atoms with Crippen molar-refractivity contribution in [2.45, 2.75) is 141 Å². The van der Waals surface area contributed by atoms with Crippen molar-refractivity contribution in [3.8, 4) is 11.6 Å².